The molecule has 0 saturated carbocycles. The van der Waals surface area contributed by atoms with Crippen molar-refractivity contribution >= 4 is 34.7 Å². The second kappa shape index (κ2) is 8.27. The van der Waals surface area contributed by atoms with E-state index >= 15 is 0 Å². The van der Waals surface area contributed by atoms with Gasteiger partial charge in [-0.3, -0.25) is 14.4 Å². The quantitative estimate of drug-likeness (QED) is 0.759. The van der Waals surface area contributed by atoms with Gasteiger partial charge in [0.25, 0.3) is 11.8 Å². The van der Waals surface area contributed by atoms with Gasteiger partial charge in [-0.1, -0.05) is 12.1 Å². The van der Waals surface area contributed by atoms with Crippen LogP contribution in [0.5, 0.6) is 0 Å². The summed E-state index contributed by atoms with van der Waals surface area (Å²) < 4.78 is 32.5. The van der Waals surface area contributed by atoms with Crippen LogP contribution in [0.15, 0.2) is 48.2 Å². The number of carbonyl (C=O) groups excluding carboxylic acids is 3. The maximum absolute atomic E-state index is 13.8. The Morgan fingerprint density at radius 1 is 0.968 bits per heavy atom. The van der Waals surface area contributed by atoms with Crippen molar-refractivity contribution in [3.63, 3.8) is 0 Å². The molecule has 0 radical (unpaired) electrons. The van der Waals surface area contributed by atoms with Gasteiger partial charge >= 0.3 is 0 Å². The number of halogens is 2. The van der Waals surface area contributed by atoms with Crippen LogP contribution in [0.3, 0.4) is 0 Å². The smallest absolute Gasteiger partial charge is 0.282 e. The molecule has 7 nitrogen and oxygen atoms in total. The van der Waals surface area contributed by atoms with Crippen LogP contribution in [0.2, 0.25) is 0 Å². The zero-order valence-corrected chi connectivity index (χ0v) is 16.7. The number of nitrogens with one attached hydrogen (secondary N) is 1. The van der Waals surface area contributed by atoms with Crippen molar-refractivity contribution in [1.82, 2.24) is 4.90 Å². The largest absolute Gasteiger partial charge is 0.378 e. The molecule has 0 atom stereocenters. The third kappa shape index (κ3) is 3.91. The molecule has 2 aromatic rings. The van der Waals surface area contributed by atoms with Gasteiger partial charge in [0.15, 0.2) is 11.6 Å². The molecule has 2 aliphatic rings. The second-order valence-electron chi connectivity index (χ2n) is 7.13. The van der Waals surface area contributed by atoms with Gasteiger partial charge in [-0.15, -0.1) is 0 Å². The third-order valence-corrected chi connectivity index (χ3v) is 5.04. The zero-order valence-electron chi connectivity index (χ0n) is 16.7. The molecule has 0 aliphatic carbocycles. The van der Waals surface area contributed by atoms with Gasteiger partial charge in [0.05, 0.1) is 24.5 Å². The maximum Gasteiger partial charge on any atom is 0.282 e. The maximum atomic E-state index is 13.8. The minimum atomic E-state index is -1.15. The molecule has 1 fully saturated rings. The molecule has 3 amide bonds. The van der Waals surface area contributed by atoms with E-state index in [1.807, 2.05) is 0 Å². The fourth-order valence-electron chi connectivity index (χ4n) is 3.64. The van der Waals surface area contributed by atoms with Crippen LogP contribution in [0.4, 0.5) is 20.2 Å². The highest BCUT2D eigenvalue weighted by molar-refractivity contribution is 6.45. The summed E-state index contributed by atoms with van der Waals surface area (Å²) in [5.74, 6) is -3.71. The summed E-state index contributed by atoms with van der Waals surface area (Å²) in [5.41, 5.74) is 1.30. The van der Waals surface area contributed by atoms with Crippen LogP contribution in [0.1, 0.15) is 12.5 Å². The van der Waals surface area contributed by atoms with E-state index in [0.717, 1.165) is 17.0 Å². The third-order valence-electron chi connectivity index (χ3n) is 5.04. The predicted octanol–water partition coefficient (Wildman–Crippen LogP) is 2.54. The molecular weight excluding hydrogens is 408 g/mol. The number of morpholine rings is 1. The highest BCUT2D eigenvalue weighted by Gasteiger charge is 2.43. The van der Waals surface area contributed by atoms with Crippen molar-refractivity contribution < 1.29 is 27.9 Å². The van der Waals surface area contributed by atoms with Crippen molar-refractivity contribution in [2.24, 2.45) is 0 Å². The van der Waals surface area contributed by atoms with E-state index in [9.17, 15) is 23.2 Å². The predicted molar refractivity (Wildman–Crippen MR) is 109 cm³/mol. The number of hydrogen-bond acceptors (Lipinski definition) is 5. The summed E-state index contributed by atoms with van der Waals surface area (Å²) in [5, 5.41) is 2.64. The van der Waals surface area contributed by atoms with Gasteiger partial charge in [-0.05, 0) is 29.8 Å². The molecule has 9 heteroatoms. The Morgan fingerprint density at radius 3 is 2.26 bits per heavy atom. The first-order valence-corrected chi connectivity index (χ1v) is 9.65. The first-order valence-electron chi connectivity index (χ1n) is 9.65. The fourth-order valence-corrected chi connectivity index (χ4v) is 3.64. The molecule has 2 aromatic carbocycles. The summed E-state index contributed by atoms with van der Waals surface area (Å²) in [7, 11) is 0. The fraction of sp³-hybridized carbons (Fsp3) is 0.227. The van der Waals surface area contributed by atoms with Gasteiger partial charge < -0.3 is 15.0 Å². The minimum absolute atomic E-state index is 0.0514. The Morgan fingerprint density at radius 2 is 1.65 bits per heavy atom. The lowest BCUT2D eigenvalue weighted by Gasteiger charge is -2.29. The zero-order chi connectivity index (χ0) is 22.1. The van der Waals surface area contributed by atoms with Crippen LogP contribution in [0.25, 0.3) is 5.57 Å². The highest BCUT2D eigenvalue weighted by Crippen LogP contribution is 2.35. The van der Waals surface area contributed by atoms with Crippen molar-refractivity contribution in [2.75, 3.05) is 36.5 Å². The van der Waals surface area contributed by atoms with Crippen molar-refractivity contribution in [2.45, 2.75) is 6.92 Å². The topological polar surface area (TPSA) is 79.0 Å². The summed E-state index contributed by atoms with van der Waals surface area (Å²) in [6.45, 7) is 2.99. The average molecular weight is 427 g/mol. The summed E-state index contributed by atoms with van der Waals surface area (Å²) >= 11 is 0. The van der Waals surface area contributed by atoms with Gasteiger partial charge in [0.1, 0.15) is 5.70 Å². The summed E-state index contributed by atoms with van der Waals surface area (Å²) in [4.78, 5) is 40.5. The molecule has 4 rings (SSSR count). The number of carbonyl (C=O) groups is 3. The molecule has 1 saturated heterocycles. The van der Waals surface area contributed by atoms with E-state index in [-0.39, 0.29) is 22.9 Å². The number of anilines is 2. The summed E-state index contributed by atoms with van der Waals surface area (Å²) in [6, 6.07) is 9.39. The first-order chi connectivity index (χ1) is 14.9. The Bertz CT molecular complexity index is 1090. The molecule has 0 unspecified atom stereocenters. The minimum Gasteiger partial charge on any atom is -0.378 e. The normalized spacial score (nSPS) is 16.9. The van der Waals surface area contributed by atoms with Crippen LogP contribution in [0, 0.1) is 11.6 Å². The van der Waals surface area contributed by atoms with Gasteiger partial charge in [0.2, 0.25) is 5.91 Å². The molecule has 1 N–H and O–H groups in total. The Kier molecular flexibility index (Phi) is 5.51. The van der Waals surface area contributed by atoms with Gasteiger partial charge in [-0.2, -0.15) is 0 Å². The van der Waals surface area contributed by atoms with Crippen LogP contribution in [-0.4, -0.2) is 48.9 Å². The van der Waals surface area contributed by atoms with Crippen LogP contribution >= 0.6 is 0 Å². The van der Waals surface area contributed by atoms with Gasteiger partial charge in [-0.25, -0.2) is 13.7 Å². The number of amides is 3. The number of nitrogens with zero attached hydrogens (tertiary/aromatic N) is 2. The van der Waals surface area contributed by atoms with Gasteiger partial charge in [0, 0.05) is 31.8 Å². The van der Waals surface area contributed by atoms with Crippen LogP contribution in [-0.2, 0) is 19.1 Å². The monoisotopic (exact) mass is 427 g/mol. The van der Waals surface area contributed by atoms with Crippen molar-refractivity contribution in [1.29, 1.82) is 0 Å². The average Bonchev–Trinajstić information content (AvgIpc) is 3.01. The standard InChI is InChI=1S/C22H19F2N3O4/c1-13(28)25-15-4-2-14(3-5-15)19-20(26-8-10-31-11-9-26)22(30)27(21(19)29)16-6-7-17(23)18(24)12-16/h2-7,12H,8-11H2,1H3,(H,25,28). The Balaban J connectivity index is 1.78. The molecule has 0 spiro atoms. The Labute approximate surface area is 176 Å². The molecule has 0 bridgehead atoms. The van der Waals surface area contributed by atoms with E-state index in [1.165, 1.54) is 13.0 Å². The lowest BCUT2D eigenvalue weighted by Crippen LogP contribution is -2.40. The molecule has 2 aliphatic heterocycles. The number of benzene rings is 2. The van der Waals surface area contributed by atoms with E-state index < -0.39 is 23.4 Å². The number of imide groups is 1. The van der Waals surface area contributed by atoms with Crippen LogP contribution < -0.4 is 10.2 Å². The SMILES string of the molecule is CC(=O)Nc1ccc(C2=C(N3CCOCC3)C(=O)N(c3ccc(F)c(F)c3)C2=O)cc1. The van der Waals surface area contributed by atoms with E-state index in [1.54, 1.807) is 29.2 Å². The van der Waals surface area contributed by atoms with E-state index in [2.05, 4.69) is 5.32 Å². The molecule has 31 heavy (non-hydrogen) atoms. The van der Waals surface area contributed by atoms with E-state index in [0.29, 0.717) is 37.6 Å². The van der Waals surface area contributed by atoms with Crippen molar-refractivity contribution in [3.05, 3.63) is 65.4 Å². The Hall–Kier alpha value is -3.59. The number of rotatable bonds is 4. The number of hydrogen-bond donors (Lipinski definition) is 1. The lowest BCUT2D eigenvalue weighted by atomic mass is 10.0. The van der Waals surface area contributed by atoms with E-state index in [4.69, 9.17) is 4.74 Å². The lowest BCUT2D eigenvalue weighted by molar-refractivity contribution is -0.121. The molecular formula is C22H19F2N3O4. The molecule has 2 heterocycles. The number of ether oxygens (including phenoxy) is 1. The molecule has 160 valence electrons. The molecule has 0 aromatic heterocycles. The second-order valence-corrected chi connectivity index (χ2v) is 7.13. The summed E-state index contributed by atoms with van der Waals surface area (Å²) in [6.07, 6.45) is 0. The first kappa shape index (κ1) is 20.7. The highest BCUT2D eigenvalue weighted by atomic mass is 19.2. The van der Waals surface area contributed by atoms with Crippen molar-refractivity contribution in [3.8, 4) is 0 Å².